The van der Waals surface area contributed by atoms with E-state index < -0.39 is 10.0 Å². The van der Waals surface area contributed by atoms with Gasteiger partial charge in [-0.2, -0.15) is 0 Å². The molecule has 3 N–H and O–H groups in total. The Balaban J connectivity index is 3.00. The Bertz CT molecular complexity index is 582. The van der Waals surface area contributed by atoms with Gasteiger partial charge in [0.1, 0.15) is 5.84 Å². The van der Waals surface area contributed by atoms with E-state index in [1.165, 1.54) is 11.4 Å². The molecule has 0 radical (unpaired) electrons. The summed E-state index contributed by atoms with van der Waals surface area (Å²) in [6.45, 7) is 3.75. The van der Waals surface area contributed by atoms with Gasteiger partial charge in [0, 0.05) is 20.0 Å². The van der Waals surface area contributed by atoms with Crippen molar-refractivity contribution in [1.82, 2.24) is 4.31 Å². The maximum absolute atomic E-state index is 12.4. The van der Waals surface area contributed by atoms with Crippen molar-refractivity contribution in [3.05, 3.63) is 29.3 Å². The monoisotopic (exact) mass is 285 g/mol. The molecule has 0 fully saturated rings. The van der Waals surface area contributed by atoms with E-state index in [-0.39, 0.29) is 23.7 Å². The molecule has 0 aliphatic carbocycles. The molecular formula is C12H19N3O3S. The molecule has 0 atom stereocenters. The zero-order valence-corrected chi connectivity index (χ0v) is 12.1. The molecule has 0 saturated carbocycles. The van der Waals surface area contributed by atoms with Crippen LogP contribution in [-0.4, -0.2) is 37.4 Å². The quantitative estimate of drug-likeness (QED) is 0.366. The first kappa shape index (κ1) is 15.5. The minimum absolute atomic E-state index is 0.00279. The van der Waals surface area contributed by atoms with Gasteiger partial charge in [-0.3, -0.25) is 0 Å². The number of rotatable bonds is 5. The van der Waals surface area contributed by atoms with Gasteiger partial charge in [0.15, 0.2) is 0 Å². The van der Waals surface area contributed by atoms with Crippen molar-refractivity contribution in [1.29, 1.82) is 0 Å². The highest BCUT2D eigenvalue weighted by molar-refractivity contribution is 7.89. The van der Waals surface area contributed by atoms with Crippen molar-refractivity contribution in [3.8, 4) is 0 Å². The van der Waals surface area contributed by atoms with Crippen LogP contribution in [0.4, 0.5) is 0 Å². The van der Waals surface area contributed by atoms with Gasteiger partial charge >= 0.3 is 0 Å². The number of hydrogen-bond acceptors (Lipinski definition) is 4. The SMILES string of the molecule is Cc1ccc(C)c(S(=O)(=O)N(C)CC/C(N)=N/O)c1. The van der Waals surface area contributed by atoms with E-state index in [4.69, 9.17) is 10.9 Å². The zero-order chi connectivity index (χ0) is 14.6. The van der Waals surface area contributed by atoms with Crippen LogP contribution in [0.5, 0.6) is 0 Å². The Kier molecular flexibility index (Phi) is 4.90. The molecule has 1 aromatic carbocycles. The molecule has 0 bridgehead atoms. The Hall–Kier alpha value is -1.60. The van der Waals surface area contributed by atoms with E-state index >= 15 is 0 Å². The zero-order valence-electron chi connectivity index (χ0n) is 11.3. The summed E-state index contributed by atoms with van der Waals surface area (Å²) < 4.78 is 26.0. The van der Waals surface area contributed by atoms with Gasteiger partial charge in [-0.1, -0.05) is 17.3 Å². The fraction of sp³-hybridized carbons (Fsp3) is 0.417. The fourth-order valence-corrected chi connectivity index (χ4v) is 3.07. The molecule has 0 spiro atoms. The second-order valence-corrected chi connectivity index (χ2v) is 6.45. The fourth-order valence-electron chi connectivity index (χ4n) is 1.60. The molecule has 6 nitrogen and oxygen atoms in total. The summed E-state index contributed by atoms with van der Waals surface area (Å²) in [4.78, 5) is 0.287. The Morgan fingerprint density at radius 1 is 1.42 bits per heavy atom. The molecule has 1 rings (SSSR count). The number of benzene rings is 1. The Morgan fingerprint density at radius 3 is 2.63 bits per heavy atom. The minimum Gasteiger partial charge on any atom is -0.409 e. The number of oxime groups is 1. The van der Waals surface area contributed by atoms with Crippen molar-refractivity contribution >= 4 is 15.9 Å². The molecule has 7 heteroatoms. The van der Waals surface area contributed by atoms with E-state index in [9.17, 15) is 8.42 Å². The number of nitrogens with zero attached hydrogens (tertiary/aromatic N) is 2. The molecular weight excluding hydrogens is 266 g/mol. The summed E-state index contributed by atoms with van der Waals surface area (Å²) in [5.41, 5.74) is 6.91. The number of aryl methyl sites for hydroxylation is 2. The van der Waals surface area contributed by atoms with E-state index in [1.54, 1.807) is 19.1 Å². The average Bonchev–Trinajstić information content (AvgIpc) is 2.37. The van der Waals surface area contributed by atoms with Gasteiger partial charge in [0.05, 0.1) is 4.90 Å². The number of sulfonamides is 1. The molecule has 0 amide bonds. The maximum atomic E-state index is 12.4. The topological polar surface area (TPSA) is 96.0 Å². The lowest BCUT2D eigenvalue weighted by molar-refractivity contribution is 0.316. The Morgan fingerprint density at radius 2 is 2.05 bits per heavy atom. The van der Waals surface area contributed by atoms with Crippen LogP contribution in [-0.2, 0) is 10.0 Å². The van der Waals surface area contributed by atoms with E-state index in [0.717, 1.165) is 5.56 Å². The lowest BCUT2D eigenvalue weighted by atomic mass is 10.2. The second kappa shape index (κ2) is 6.03. The van der Waals surface area contributed by atoms with Gasteiger partial charge < -0.3 is 10.9 Å². The third-order valence-electron chi connectivity index (χ3n) is 2.84. The molecule has 106 valence electrons. The van der Waals surface area contributed by atoms with Crippen LogP contribution in [0.15, 0.2) is 28.3 Å². The first-order chi connectivity index (χ1) is 8.78. The van der Waals surface area contributed by atoms with E-state index in [2.05, 4.69) is 5.16 Å². The first-order valence-electron chi connectivity index (χ1n) is 5.79. The first-order valence-corrected chi connectivity index (χ1v) is 7.23. The third-order valence-corrected chi connectivity index (χ3v) is 4.84. The van der Waals surface area contributed by atoms with Gasteiger partial charge in [0.25, 0.3) is 0 Å². The smallest absolute Gasteiger partial charge is 0.243 e. The number of hydrogen-bond donors (Lipinski definition) is 2. The summed E-state index contributed by atoms with van der Waals surface area (Å²) >= 11 is 0. The van der Waals surface area contributed by atoms with Gasteiger partial charge in [-0.15, -0.1) is 0 Å². The number of nitrogens with two attached hydrogens (primary N) is 1. The van der Waals surface area contributed by atoms with Crippen molar-refractivity contribution in [2.75, 3.05) is 13.6 Å². The van der Waals surface area contributed by atoms with Crippen molar-refractivity contribution < 1.29 is 13.6 Å². The summed E-state index contributed by atoms with van der Waals surface area (Å²) in [5.74, 6) is 0.00279. The van der Waals surface area contributed by atoms with Crippen molar-refractivity contribution in [2.24, 2.45) is 10.9 Å². The van der Waals surface area contributed by atoms with Crippen LogP contribution >= 0.6 is 0 Å². The molecule has 0 heterocycles. The Labute approximate surface area is 113 Å². The summed E-state index contributed by atoms with van der Waals surface area (Å²) in [6.07, 6.45) is 0.178. The molecule has 0 aliphatic heterocycles. The van der Waals surface area contributed by atoms with Crippen molar-refractivity contribution in [2.45, 2.75) is 25.2 Å². The second-order valence-electron chi connectivity index (χ2n) is 4.44. The van der Waals surface area contributed by atoms with Crippen LogP contribution < -0.4 is 5.73 Å². The minimum atomic E-state index is -3.55. The summed E-state index contributed by atoms with van der Waals surface area (Å²) in [7, 11) is -2.08. The van der Waals surface area contributed by atoms with Crippen molar-refractivity contribution in [3.63, 3.8) is 0 Å². The van der Waals surface area contributed by atoms with Gasteiger partial charge in [-0.25, -0.2) is 12.7 Å². The molecule has 0 saturated heterocycles. The average molecular weight is 285 g/mol. The highest BCUT2D eigenvalue weighted by Crippen LogP contribution is 2.20. The molecule has 0 aromatic heterocycles. The van der Waals surface area contributed by atoms with E-state index in [0.29, 0.717) is 5.56 Å². The van der Waals surface area contributed by atoms with Crippen LogP contribution in [0.1, 0.15) is 17.5 Å². The standard InChI is InChI=1S/C12H19N3O3S/c1-9-4-5-10(2)11(8-9)19(17,18)15(3)7-6-12(13)14-16/h4-5,8,16H,6-7H2,1-3H3,(H2,13,14). The lowest BCUT2D eigenvalue weighted by Gasteiger charge is -2.18. The predicted molar refractivity (Wildman–Crippen MR) is 73.8 cm³/mol. The highest BCUT2D eigenvalue weighted by atomic mass is 32.2. The largest absolute Gasteiger partial charge is 0.409 e. The van der Waals surface area contributed by atoms with Crippen LogP contribution in [0.2, 0.25) is 0 Å². The van der Waals surface area contributed by atoms with Crippen LogP contribution in [0, 0.1) is 13.8 Å². The highest BCUT2D eigenvalue weighted by Gasteiger charge is 2.22. The molecule has 0 aliphatic rings. The molecule has 19 heavy (non-hydrogen) atoms. The van der Waals surface area contributed by atoms with Gasteiger partial charge in [0.2, 0.25) is 10.0 Å². The summed E-state index contributed by atoms with van der Waals surface area (Å²) in [6, 6.07) is 5.29. The van der Waals surface area contributed by atoms with Gasteiger partial charge in [-0.05, 0) is 31.0 Å². The third kappa shape index (κ3) is 3.68. The normalized spacial score (nSPS) is 12.9. The molecule has 1 aromatic rings. The van der Waals surface area contributed by atoms with Crippen LogP contribution in [0.3, 0.4) is 0 Å². The maximum Gasteiger partial charge on any atom is 0.243 e. The number of amidine groups is 1. The predicted octanol–water partition coefficient (Wildman–Crippen LogP) is 1.06. The van der Waals surface area contributed by atoms with E-state index in [1.807, 2.05) is 13.0 Å². The molecule has 0 unspecified atom stereocenters. The lowest BCUT2D eigenvalue weighted by Crippen LogP contribution is -2.31. The van der Waals surface area contributed by atoms with Crippen LogP contribution in [0.25, 0.3) is 0 Å². The summed E-state index contributed by atoms with van der Waals surface area (Å²) in [5, 5.41) is 11.3.